The average Bonchev–Trinajstić information content (AvgIpc) is 2.33. The summed E-state index contributed by atoms with van der Waals surface area (Å²) < 4.78 is 0. The van der Waals surface area contributed by atoms with E-state index < -0.39 is 0 Å². The van der Waals surface area contributed by atoms with E-state index in [2.05, 4.69) is 32.6 Å². The summed E-state index contributed by atoms with van der Waals surface area (Å²) >= 11 is 0. The lowest BCUT2D eigenvalue weighted by Gasteiger charge is -2.30. The summed E-state index contributed by atoms with van der Waals surface area (Å²) in [4.78, 5) is 13.3. The summed E-state index contributed by atoms with van der Waals surface area (Å²) in [6.07, 6.45) is 0.761. The summed E-state index contributed by atoms with van der Waals surface area (Å²) in [5.41, 5.74) is 0.353. The van der Waals surface area contributed by atoms with Crippen molar-refractivity contribution in [3.8, 4) is 0 Å². The molecule has 1 rings (SSSR count). The number of Topliss-reactive ketones (excluding diaryl/α,β-unsaturated/α-hetero) is 1. The fourth-order valence-corrected chi connectivity index (χ4v) is 1.51. The molecule has 1 fully saturated rings. The second-order valence-electron chi connectivity index (χ2n) is 5.29. The molecule has 0 aromatic carbocycles. The van der Waals surface area contributed by atoms with Crippen LogP contribution in [0.25, 0.3) is 0 Å². The number of carbonyl (C=O) groups is 1. The van der Waals surface area contributed by atoms with Crippen LogP contribution in [0.5, 0.6) is 0 Å². The number of nitrogens with zero attached hydrogens (tertiary/aromatic N) is 1. The molecule has 1 aliphatic rings. The van der Waals surface area contributed by atoms with Crippen molar-refractivity contribution in [2.45, 2.75) is 34.1 Å². The third-order valence-corrected chi connectivity index (χ3v) is 3.12. The van der Waals surface area contributed by atoms with Crippen molar-refractivity contribution in [3.63, 3.8) is 0 Å². The van der Waals surface area contributed by atoms with Crippen LogP contribution in [0.1, 0.15) is 34.1 Å². The first kappa shape index (κ1) is 10.7. The Balaban J connectivity index is 2.37. The molecule has 1 saturated heterocycles. The fraction of sp³-hybridized carbons (Fsp3) is 0.909. The first-order valence-electron chi connectivity index (χ1n) is 5.13. The highest BCUT2D eigenvalue weighted by Crippen LogP contribution is 2.26. The first-order valence-corrected chi connectivity index (χ1v) is 5.13. The van der Waals surface area contributed by atoms with E-state index in [9.17, 15) is 4.79 Å². The second kappa shape index (κ2) is 3.79. The Morgan fingerprint density at radius 3 is 2.46 bits per heavy atom. The highest BCUT2D eigenvalue weighted by Gasteiger charge is 2.26. The molecule has 0 aromatic heterocycles. The van der Waals surface area contributed by atoms with Crippen LogP contribution in [-0.4, -0.2) is 30.3 Å². The van der Waals surface area contributed by atoms with Crippen LogP contribution in [0.2, 0.25) is 0 Å². The minimum atomic E-state index is 0.353. The molecule has 1 heterocycles. The Morgan fingerprint density at radius 2 is 2.08 bits per heavy atom. The summed E-state index contributed by atoms with van der Waals surface area (Å²) in [6.45, 7) is 11.8. The van der Waals surface area contributed by atoms with E-state index in [0.29, 0.717) is 23.7 Å². The van der Waals surface area contributed by atoms with Gasteiger partial charge in [-0.2, -0.15) is 0 Å². The van der Waals surface area contributed by atoms with Gasteiger partial charge in [-0.1, -0.05) is 27.7 Å². The number of hydrogen-bond acceptors (Lipinski definition) is 2. The van der Waals surface area contributed by atoms with Crippen molar-refractivity contribution in [3.05, 3.63) is 0 Å². The summed E-state index contributed by atoms with van der Waals surface area (Å²) in [7, 11) is 0. The predicted molar refractivity (Wildman–Crippen MR) is 54.7 cm³/mol. The Bertz CT molecular complexity index is 193. The monoisotopic (exact) mass is 183 g/mol. The van der Waals surface area contributed by atoms with Gasteiger partial charge in [0.15, 0.2) is 0 Å². The maximum absolute atomic E-state index is 11.0. The normalized spacial score (nSPS) is 22.3. The van der Waals surface area contributed by atoms with Crippen molar-refractivity contribution >= 4 is 5.78 Å². The van der Waals surface area contributed by atoms with Gasteiger partial charge in [0, 0.05) is 19.5 Å². The van der Waals surface area contributed by atoms with Crippen molar-refractivity contribution in [2.24, 2.45) is 11.3 Å². The van der Waals surface area contributed by atoms with Gasteiger partial charge in [-0.25, -0.2) is 0 Å². The Kier molecular flexibility index (Phi) is 3.12. The Morgan fingerprint density at radius 1 is 1.46 bits per heavy atom. The van der Waals surface area contributed by atoms with E-state index in [1.54, 1.807) is 0 Å². The average molecular weight is 183 g/mol. The molecule has 0 radical (unpaired) electrons. The summed E-state index contributed by atoms with van der Waals surface area (Å²) in [5, 5.41) is 0. The molecule has 0 N–H and O–H groups in total. The van der Waals surface area contributed by atoms with Crippen LogP contribution < -0.4 is 0 Å². The number of ketones is 1. The van der Waals surface area contributed by atoms with E-state index >= 15 is 0 Å². The highest BCUT2D eigenvalue weighted by atomic mass is 16.1. The molecule has 0 spiro atoms. The lowest BCUT2D eigenvalue weighted by molar-refractivity contribution is -0.117. The molecule has 0 bridgehead atoms. The maximum atomic E-state index is 11.0. The third-order valence-electron chi connectivity index (χ3n) is 3.12. The van der Waals surface area contributed by atoms with E-state index in [1.165, 1.54) is 0 Å². The van der Waals surface area contributed by atoms with Gasteiger partial charge in [0.05, 0.1) is 6.54 Å². The Hall–Kier alpha value is -0.370. The largest absolute Gasteiger partial charge is 0.298 e. The lowest BCUT2D eigenvalue weighted by Crippen LogP contribution is -2.32. The van der Waals surface area contributed by atoms with Crippen LogP contribution in [0, 0.1) is 11.3 Å². The number of likely N-dealkylation sites (tertiary alicyclic amines) is 1. The molecular weight excluding hydrogens is 162 g/mol. The van der Waals surface area contributed by atoms with Crippen LogP contribution >= 0.6 is 0 Å². The van der Waals surface area contributed by atoms with Crippen LogP contribution in [0.15, 0.2) is 0 Å². The third kappa shape index (κ3) is 3.11. The minimum absolute atomic E-state index is 0.353. The first-order chi connectivity index (χ1) is 5.89. The summed E-state index contributed by atoms with van der Waals surface area (Å²) in [5.74, 6) is 1.06. The summed E-state index contributed by atoms with van der Waals surface area (Å²) in [6, 6.07) is 0. The molecule has 0 saturated carbocycles. The van der Waals surface area contributed by atoms with E-state index in [-0.39, 0.29) is 0 Å². The zero-order valence-electron chi connectivity index (χ0n) is 9.26. The van der Waals surface area contributed by atoms with Gasteiger partial charge in [-0.3, -0.25) is 9.69 Å². The zero-order valence-corrected chi connectivity index (χ0v) is 9.26. The topological polar surface area (TPSA) is 20.3 Å². The molecule has 0 aliphatic carbocycles. The van der Waals surface area contributed by atoms with Crippen molar-refractivity contribution in [1.82, 2.24) is 4.90 Å². The molecule has 0 amide bonds. The predicted octanol–water partition coefficient (Wildman–Crippen LogP) is 1.94. The standard InChI is InChI=1S/C11H21NO/c1-9(11(2,3)4)7-12-6-5-10(13)8-12/h9H,5-8H2,1-4H3. The molecule has 0 aromatic rings. The molecule has 13 heavy (non-hydrogen) atoms. The van der Waals surface area contributed by atoms with Gasteiger partial charge in [0.2, 0.25) is 0 Å². The number of rotatable bonds is 2. The van der Waals surface area contributed by atoms with Gasteiger partial charge in [-0.15, -0.1) is 0 Å². The Labute approximate surface area is 81.3 Å². The van der Waals surface area contributed by atoms with Crippen molar-refractivity contribution < 1.29 is 4.79 Å². The van der Waals surface area contributed by atoms with E-state index in [4.69, 9.17) is 0 Å². The van der Waals surface area contributed by atoms with Gasteiger partial charge in [0.25, 0.3) is 0 Å². The SMILES string of the molecule is CC(CN1CCC(=O)C1)C(C)(C)C. The van der Waals surface area contributed by atoms with Crippen LogP contribution in [0.4, 0.5) is 0 Å². The molecule has 1 unspecified atom stereocenters. The zero-order chi connectivity index (χ0) is 10.1. The fourth-order valence-electron chi connectivity index (χ4n) is 1.51. The highest BCUT2D eigenvalue weighted by molar-refractivity contribution is 5.82. The smallest absolute Gasteiger partial charge is 0.148 e. The van der Waals surface area contributed by atoms with E-state index in [0.717, 1.165) is 19.5 Å². The van der Waals surface area contributed by atoms with E-state index in [1.807, 2.05) is 0 Å². The van der Waals surface area contributed by atoms with Gasteiger partial charge >= 0.3 is 0 Å². The number of carbonyl (C=O) groups excluding carboxylic acids is 1. The second-order valence-corrected chi connectivity index (χ2v) is 5.29. The lowest BCUT2D eigenvalue weighted by atomic mass is 9.82. The van der Waals surface area contributed by atoms with Gasteiger partial charge < -0.3 is 0 Å². The van der Waals surface area contributed by atoms with Crippen LogP contribution in [0.3, 0.4) is 0 Å². The van der Waals surface area contributed by atoms with Crippen molar-refractivity contribution in [1.29, 1.82) is 0 Å². The molecule has 1 atom stereocenters. The molecular formula is C11H21NO. The molecule has 1 aliphatic heterocycles. The van der Waals surface area contributed by atoms with Crippen LogP contribution in [-0.2, 0) is 4.79 Å². The molecule has 2 nitrogen and oxygen atoms in total. The van der Waals surface area contributed by atoms with Crippen molar-refractivity contribution in [2.75, 3.05) is 19.6 Å². The molecule has 76 valence electrons. The quantitative estimate of drug-likeness (QED) is 0.652. The molecule has 2 heteroatoms. The minimum Gasteiger partial charge on any atom is -0.298 e. The van der Waals surface area contributed by atoms with Gasteiger partial charge in [0.1, 0.15) is 5.78 Å². The number of hydrogen-bond donors (Lipinski definition) is 0. The maximum Gasteiger partial charge on any atom is 0.148 e. The van der Waals surface area contributed by atoms with Gasteiger partial charge in [-0.05, 0) is 11.3 Å².